The molecule has 9 heteroatoms. The third-order valence-electron chi connectivity index (χ3n) is 4.41. The van der Waals surface area contributed by atoms with Crippen molar-refractivity contribution in [2.75, 3.05) is 12.4 Å². The molecule has 0 saturated carbocycles. The third-order valence-corrected chi connectivity index (χ3v) is 6.24. The summed E-state index contributed by atoms with van der Waals surface area (Å²) in [5, 5.41) is 9.24. The van der Waals surface area contributed by atoms with E-state index in [-0.39, 0.29) is 5.91 Å². The van der Waals surface area contributed by atoms with Crippen molar-refractivity contribution < 1.29 is 14.1 Å². The summed E-state index contributed by atoms with van der Waals surface area (Å²) in [7, 11) is 1.63. The summed E-state index contributed by atoms with van der Waals surface area (Å²) in [5.74, 6) is 2.15. The maximum absolute atomic E-state index is 12.9. The van der Waals surface area contributed by atoms with Crippen LogP contribution in [0.4, 0.5) is 5.13 Å². The van der Waals surface area contributed by atoms with E-state index in [2.05, 4.69) is 20.4 Å². The van der Waals surface area contributed by atoms with E-state index in [0.29, 0.717) is 28.2 Å². The van der Waals surface area contributed by atoms with Crippen LogP contribution in [-0.2, 0) is 5.75 Å². The van der Waals surface area contributed by atoms with Crippen LogP contribution in [0.5, 0.6) is 5.75 Å². The summed E-state index contributed by atoms with van der Waals surface area (Å²) >= 11 is 2.86. The second-order valence-corrected chi connectivity index (χ2v) is 8.59. The van der Waals surface area contributed by atoms with Gasteiger partial charge in [0.25, 0.3) is 5.91 Å². The van der Waals surface area contributed by atoms with Crippen LogP contribution in [0.2, 0.25) is 0 Å². The lowest BCUT2D eigenvalue weighted by Gasteiger charge is -2.08. The second-order valence-electron chi connectivity index (χ2n) is 6.71. The molecule has 2 aromatic carbocycles. The van der Waals surface area contributed by atoms with Crippen LogP contribution in [0.3, 0.4) is 0 Å². The minimum atomic E-state index is -0.218. The summed E-state index contributed by atoms with van der Waals surface area (Å²) in [6, 6.07) is 13.3. The van der Waals surface area contributed by atoms with Gasteiger partial charge in [0.05, 0.1) is 24.1 Å². The van der Waals surface area contributed by atoms with Gasteiger partial charge in [0.15, 0.2) is 11.0 Å². The number of nitrogens with one attached hydrogen (secondary N) is 1. The van der Waals surface area contributed by atoms with Crippen LogP contribution in [0.15, 0.2) is 57.3 Å². The Hall–Kier alpha value is -3.17. The first-order chi connectivity index (χ1) is 15.0. The van der Waals surface area contributed by atoms with E-state index in [1.54, 1.807) is 20.1 Å². The lowest BCUT2D eigenvalue weighted by molar-refractivity contribution is 0.102. The lowest BCUT2D eigenvalue weighted by atomic mass is 10.1. The van der Waals surface area contributed by atoms with Crippen LogP contribution < -0.4 is 10.1 Å². The molecule has 0 saturated heterocycles. The zero-order valence-corrected chi connectivity index (χ0v) is 18.8. The van der Waals surface area contributed by atoms with Gasteiger partial charge in [-0.05, 0) is 31.2 Å². The number of amides is 1. The molecular formula is C22H20N4O3S2. The van der Waals surface area contributed by atoms with Gasteiger partial charge in [-0.3, -0.25) is 10.1 Å². The predicted octanol–water partition coefficient (Wildman–Crippen LogP) is 5.36. The Bertz CT molecular complexity index is 1220. The summed E-state index contributed by atoms with van der Waals surface area (Å²) in [5.41, 5.74) is 3.33. The molecule has 2 heterocycles. The molecule has 0 unspecified atom stereocenters. The number of methoxy groups -OCH3 is 1. The van der Waals surface area contributed by atoms with Gasteiger partial charge in [0, 0.05) is 22.8 Å². The number of anilines is 1. The molecule has 1 N–H and O–H groups in total. The van der Waals surface area contributed by atoms with Crippen molar-refractivity contribution in [2.24, 2.45) is 0 Å². The molecule has 2 aromatic heterocycles. The minimum absolute atomic E-state index is 0.218. The number of ether oxygens (including phenoxy) is 1. The maximum Gasteiger partial charge on any atom is 0.258 e. The van der Waals surface area contributed by atoms with E-state index >= 15 is 0 Å². The number of hydrogen-bond acceptors (Lipinski definition) is 8. The average molecular weight is 453 g/mol. The van der Waals surface area contributed by atoms with Crippen molar-refractivity contribution in [1.29, 1.82) is 0 Å². The molecule has 4 aromatic rings. The number of rotatable bonds is 7. The summed E-state index contributed by atoms with van der Waals surface area (Å²) < 4.78 is 10.5. The molecule has 0 atom stereocenters. The molecule has 0 aliphatic rings. The highest BCUT2D eigenvalue weighted by atomic mass is 32.2. The highest BCUT2D eigenvalue weighted by Crippen LogP contribution is 2.33. The smallest absolute Gasteiger partial charge is 0.258 e. The number of carbonyl (C=O) groups is 1. The standard InChI is InChI=1S/C22H20N4O3S2/c1-13-8-9-18(28-3)16(10-13)17-11-31-22(24-17)25-21(27)15-6-4-5-7-19(15)30-12-20-23-14(2)29-26-20/h4-11H,12H2,1-3H3,(H,24,25,27). The Morgan fingerprint density at radius 1 is 1.19 bits per heavy atom. The Kier molecular flexibility index (Phi) is 6.34. The van der Waals surface area contributed by atoms with E-state index in [9.17, 15) is 4.79 Å². The fourth-order valence-electron chi connectivity index (χ4n) is 2.96. The van der Waals surface area contributed by atoms with Gasteiger partial charge in [-0.2, -0.15) is 4.98 Å². The number of carbonyl (C=O) groups excluding carboxylic acids is 1. The average Bonchev–Trinajstić information content (AvgIpc) is 3.41. The van der Waals surface area contributed by atoms with Gasteiger partial charge in [-0.15, -0.1) is 23.1 Å². The van der Waals surface area contributed by atoms with Gasteiger partial charge in [0.1, 0.15) is 5.75 Å². The Morgan fingerprint density at radius 2 is 2.03 bits per heavy atom. The first-order valence-electron chi connectivity index (χ1n) is 9.46. The quantitative estimate of drug-likeness (QED) is 0.377. The molecule has 0 aliphatic heterocycles. The van der Waals surface area contributed by atoms with Gasteiger partial charge in [0.2, 0.25) is 5.89 Å². The monoisotopic (exact) mass is 452 g/mol. The van der Waals surface area contributed by atoms with Crippen molar-refractivity contribution in [1.82, 2.24) is 15.1 Å². The maximum atomic E-state index is 12.9. The van der Waals surface area contributed by atoms with Gasteiger partial charge in [-0.25, -0.2) is 4.98 Å². The van der Waals surface area contributed by atoms with Crippen molar-refractivity contribution in [3.8, 4) is 17.0 Å². The number of aryl methyl sites for hydroxylation is 2. The molecule has 0 bridgehead atoms. The molecular weight excluding hydrogens is 432 g/mol. The van der Waals surface area contributed by atoms with E-state index in [4.69, 9.17) is 9.26 Å². The largest absolute Gasteiger partial charge is 0.496 e. The molecule has 4 rings (SSSR count). The topological polar surface area (TPSA) is 90.1 Å². The number of thioether (sulfide) groups is 1. The van der Waals surface area contributed by atoms with Crippen LogP contribution in [0.1, 0.15) is 27.6 Å². The molecule has 0 radical (unpaired) electrons. The highest BCUT2D eigenvalue weighted by Gasteiger charge is 2.16. The molecule has 0 spiro atoms. The SMILES string of the molecule is COc1ccc(C)cc1-c1csc(NC(=O)c2ccccc2SCc2noc(C)n2)n1. The van der Waals surface area contributed by atoms with Crippen molar-refractivity contribution in [3.63, 3.8) is 0 Å². The van der Waals surface area contributed by atoms with Crippen LogP contribution in [-0.4, -0.2) is 28.1 Å². The minimum Gasteiger partial charge on any atom is -0.496 e. The van der Waals surface area contributed by atoms with E-state index < -0.39 is 0 Å². The zero-order chi connectivity index (χ0) is 21.8. The predicted molar refractivity (Wildman–Crippen MR) is 122 cm³/mol. The number of aromatic nitrogens is 3. The first kappa shape index (κ1) is 21.1. The van der Waals surface area contributed by atoms with Crippen LogP contribution in [0.25, 0.3) is 11.3 Å². The zero-order valence-electron chi connectivity index (χ0n) is 17.2. The molecule has 0 fully saturated rings. The summed E-state index contributed by atoms with van der Waals surface area (Å²) in [4.78, 5) is 22.6. The van der Waals surface area contributed by atoms with Crippen LogP contribution in [0, 0.1) is 13.8 Å². The lowest BCUT2D eigenvalue weighted by Crippen LogP contribution is -2.12. The van der Waals surface area contributed by atoms with Crippen molar-refractivity contribution in [3.05, 3.63) is 70.7 Å². The molecule has 158 valence electrons. The van der Waals surface area contributed by atoms with Gasteiger partial charge < -0.3 is 9.26 Å². The van der Waals surface area contributed by atoms with Gasteiger partial charge in [-0.1, -0.05) is 28.9 Å². The van der Waals surface area contributed by atoms with E-state index in [1.165, 1.54) is 23.1 Å². The number of nitrogens with zero attached hydrogens (tertiary/aromatic N) is 3. The van der Waals surface area contributed by atoms with E-state index in [1.807, 2.05) is 48.7 Å². The van der Waals surface area contributed by atoms with E-state index in [0.717, 1.165) is 27.5 Å². The molecule has 7 nitrogen and oxygen atoms in total. The van der Waals surface area contributed by atoms with Gasteiger partial charge >= 0.3 is 0 Å². The van der Waals surface area contributed by atoms with Crippen molar-refractivity contribution >= 4 is 34.1 Å². The second kappa shape index (κ2) is 9.32. The molecule has 31 heavy (non-hydrogen) atoms. The normalized spacial score (nSPS) is 10.8. The fraction of sp³-hybridized carbons (Fsp3) is 0.182. The third kappa shape index (κ3) is 4.95. The molecule has 1 amide bonds. The molecule has 0 aliphatic carbocycles. The summed E-state index contributed by atoms with van der Waals surface area (Å²) in [6.45, 7) is 3.76. The fourth-order valence-corrected chi connectivity index (χ4v) is 4.56. The van der Waals surface area contributed by atoms with Crippen molar-refractivity contribution in [2.45, 2.75) is 24.5 Å². The Morgan fingerprint density at radius 3 is 2.81 bits per heavy atom. The number of thiazole rings is 1. The van der Waals surface area contributed by atoms with Crippen LogP contribution >= 0.6 is 23.1 Å². The first-order valence-corrected chi connectivity index (χ1v) is 11.3. The highest BCUT2D eigenvalue weighted by molar-refractivity contribution is 7.98. The number of benzene rings is 2. The Balaban J connectivity index is 1.50. The Labute approximate surface area is 187 Å². The summed E-state index contributed by atoms with van der Waals surface area (Å²) in [6.07, 6.45) is 0. The number of hydrogen-bond donors (Lipinski definition) is 1.